The smallest absolute Gasteiger partial charge is 0.345 e. The molecule has 0 unspecified atom stereocenters. The topological polar surface area (TPSA) is 95.2 Å². The molecule has 2 aromatic carbocycles. The Kier molecular flexibility index (Phi) is 6.11. The number of ether oxygens (including phenoxy) is 1. The van der Waals surface area contributed by atoms with Crippen LogP contribution >= 0.6 is 11.6 Å². The monoisotopic (exact) mass is 436 g/mol. The highest BCUT2D eigenvalue weighted by Crippen LogP contribution is 2.20. The first kappa shape index (κ1) is 21.1. The van der Waals surface area contributed by atoms with Crippen molar-refractivity contribution < 1.29 is 13.2 Å². The predicted octanol–water partition coefficient (Wildman–Crippen LogP) is 2.20. The molecule has 8 nitrogen and oxygen atoms in total. The fraction of sp³-hybridized carbons (Fsp3) is 0.263. The summed E-state index contributed by atoms with van der Waals surface area (Å²) >= 11 is 5.91. The number of halogens is 1. The summed E-state index contributed by atoms with van der Waals surface area (Å²) in [4.78, 5) is 12.6. The number of methoxy groups -OCH3 is 1. The van der Waals surface area contributed by atoms with Gasteiger partial charge in [-0.15, -0.1) is 5.10 Å². The molecule has 1 N–H and O–H groups in total. The molecule has 0 saturated heterocycles. The molecular weight excluding hydrogens is 416 g/mol. The van der Waals surface area contributed by atoms with E-state index in [1.54, 1.807) is 57.5 Å². The fourth-order valence-electron chi connectivity index (χ4n) is 2.85. The van der Waals surface area contributed by atoms with E-state index >= 15 is 0 Å². The van der Waals surface area contributed by atoms with Crippen LogP contribution in [0.4, 0.5) is 0 Å². The van der Waals surface area contributed by atoms with E-state index in [0.717, 1.165) is 5.56 Å². The molecule has 3 rings (SSSR count). The van der Waals surface area contributed by atoms with Crippen LogP contribution in [0.1, 0.15) is 5.56 Å². The van der Waals surface area contributed by atoms with Gasteiger partial charge in [0.05, 0.1) is 18.6 Å². The summed E-state index contributed by atoms with van der Waals surface area (Å²) in [6, 6.07) is 11.8. The number of hydrogen-bond acceptors (Lipinski definition) is 5. The first-order valence-electron chi connectivity index (χ1n) is 8.77. The summed E-state index contributed by atoms with van der Waals surface area (Å²) in [5.41, 5.74) is 0.993. The zero-order chi connectivity index (χ0) is 21.2. The minimum Gasteiger partial charge on any atom is -0.497 e. The molecule has 0 atom stereocenters. The zero-order valence-electron chi connectivity index (χ0n) is 16.2. The normalized spacial score (nSPS) is 11.6. The molecule has 29 heavy (non-hydrogen) atoms. The van der Waals surface area contributed by atoms with Crippen LogP contribution in [0.3, 0.4) is 0 Å². The molecule has 0 aliphatic heterocycles. The Morgan fingerprint density at radius 2 is 1.86 bits per heavy atom. The van der Waals surface area contributed by atoms with Crippen LogP contribution in [-0.4, -0.2) is 36.4 Å². The van der Waals surface area contributed by atoms with Crippen molar-refractivity contribution in [1.82, 2.24) is 19.1 Å². The molecule has 0 radical (unpaired) electrons. The highest BCUT2D eigenvalue weighted by molar-refractivity contribution is 7.89. The lowest BCUT2D eigenvalue weighted by Crippen LogP contribution is -2.32. The van der Waals surface area contributed by atoms with Crippen molar-refractivity contribution in [2.24, 2.45) is 7.05 Å². The quantitative estimate of drug-likeness (QED) is 0.612. The van der Waals surface area contributed by atoms with Crippen LogP contribution in [0.5, 0.6) is 5.75 Å². The molecule has 10 heteroatoms. The van der Waals surface area contributed by atoms with Crippen molar-refractivity contribution >= 4 is 21.6 Å². The Balaban J connectivity index is 1.76. The van der Waals surface area contributed by atoms with Crippen molar-refractivity contribution in [3.05, 3.63) is 63.5 Å². The second-order valence-electron chi connectivity index (χ2n) is 6.42. The Hall–Kier alpha value is -2.62. The Morgan fingerprint density at radius 3 is 2.52 bits per heavy atom. The van der Waals surface area contributed by atoms with Gasteiger partial charge in [0.2, 0.25) is 10.0 Å². The highest BCUT2D eigenvalue weighted by Gasteiger charge is 2.18. The molecule has 0 saturated carbocycles. The van der Waals surface area contributed by atoms with E-state index in [0.29, 0.717) is 22.2 Å². The molecule has 1 aromatic heterocycles. The second kappa shape index (κ2) is 8.40. The van der Waals surface area contributed by atoms with Gasteiger partial charge < -0.3 is 4.74 Å². The van der Waals surface area contributed by atoms with Gasteiger partial charge in [0.1, 0.15) is 5.75 Å². The molecular formula is C19H21ClN4O4S. The van der Waals surface area contributed by atoms with Crippen molar-refractivity contribution in [3.8, 4) is 17.1 Å². The molecule has 0 bridgehead atoms. The van der Waals surface area contributed by atoms with E-state index < -0.39 is 10.0 Å². The first-order valence-corrected chi connectivity index (χ1v) is 10.6. The minimum absolute atomic E-state index is 0.00720. The summed E-state index contributed by atoms with van der Waals surface area (Å²) in [5, 5.41) is 4.66. The summed E-state index contributed by atoms with van der Waals surface area (Å²) in [6.07, 6.45) is 0. The van der Waals surface area contributed by atoms with E-state index in [4.69, 9.17) is 16.3 Å². The Labute approximate surface area is 173 Å². The van der Waals surface area contributed by atoms with E-state index in [9.17, 15) is 13.2 Å². The molecule has 3 aromatic rings. The van der Waals surface area contributed by atoms with Crippen molar-refractivity contribution in [2.45, 2.75) is 18.4 Å². The van der Waals surface area contributed by atoms with Gasteiger partial charge in [-0.3, -0.25) is 4.57 Å². The Morgan fingerprint density at radius 1 is 1.17 bits per heavy atom. The SMILES string of the molecule is COc1ccc(-c2nn(CCNS(=O)(=O)c3cc(Cl)ccc3C)c(=O)n2C)cc1. The van der Waals surface area contributed by atoms with Crippen molar-refractivity contribution in [3.63, 3.8) is 0 Å². The molecule has 0 aliphatic rings. The maximum atomic E-state index is 12.5. The largest absolute Gasteiger partial charge is 0.497 e. The number of benzene rings is 2. The maximum absolute atomic E-state index is 12.5. The first-order chi connectivity index (χ1) is 13.7. The van der Waals surface area contributed by atoms with Crippen molar-refractivity contribution in [1.29, 1.82) is 0 Å². The average Bonchev–Trinajstić information content (AvgIpc) is 2.98. The summed E-state index contributed by atoms with van der Waals surface area (Å²) < 4.78 is 35.3. The van der Waals surface area contributed by atoms with Gasteiger partial charge in [0, 0.05) is 24.2 Å². The number of aryl methyl sites for hydroxylation is 1. The van der Waals surface area contributed by atoms with E-state index in [-0.39, 0.29) is 23.7 Å². The summed E-state index contributed by atoms with van der Waals surface area (Å²) in [5.74, 6) is 1.18. The lowest BCUT2D eigenvalue weighted by Gasteiger charge is -2.09. The molecule has 1 heterocycles. The second-order valence-corrected chi connectivity index (χ2v) is 8.60. The lowest BCUT2D eigenvalue weighted by atomic mass is 10.2. The van der Waals surface area contributed by atoms with Gasteiger partial charge in [-0.1, -0.05) is 17.7 Å². The fourth-order valence-corrected chi connectivity index (χ4v) is 4.38. The van der Waals surface area contributed by atoms with E-state index in [1.165, 1.54) is 15.3 Å². The minimum atomic E-state index is -3.76. The van der Waals surface area contributed by atoms with Gasteiger partial charge in [-0.05, 0) is 48.9 Å². The number of rotatable bonds is 7. The molecule has 154 valence electrons. The van der Waals surface area contributed by atoms with Gasteiger partial charge in [-0.2, -0.15) is 0 Å². The van der Waals surface area contributed by atoms with E-state index in [2.05, 4.69) is 9.82 Å². The molecule has 0 amide bonds. The van der Waals surface area contributed by atoms with Gasteiger partial charge >= 0.3 is 5.69 Å². The van der Waals surface area contributed by atoms with Crippen LogP contribution in [0.2, 0.25) is 5.02 Å². The van der Waals surface area contributed by atoms with Crippen LogP contribution in [0.25, 0.3) is 11.4 Å². The molecule has 0 fully saturated rings. The molecule has 0 aliphatic carbocycles. The van der Waals surface area contributed by atoms with Crippen LogP contribution in [0.15, 0.2) is 52.2 Å². The van der Waals surface area contributed by atoms with Crippen molar-refractivity contribution in [2.75, 3.05) is 13.7 Å². The third kappa shape index (κ3) is 4.52. The van der Waals surface area contributed by atoms with Crippen LogP contribution < -0.4 is 15.1 Å². The lowest BCUT2D eigenvalue weighted by molar-refractivity contribution is 0.415. The standard InChI is InChI=1S/C19H21ClN4O4S/c1-13-4-7-15(20)12-17(13)29(26,27)21-10-11-24-19(25)23(2)18(22-24)14-5-8-16(28-3)9-6-14/h4-9,12,21H,10-11H2,1-3H3. The zero-order valence-corrected chi connectivity index (χ0v) is 17.8. The number of nitrogens with zero attached hydrogens (tertiary/aromatic N) is 3. The molecule has 0 spiro atoms. The van der Waals surface area contributed by atoms with Gasteiger partial charge in [0.25, 0.3) is 0 Å². The average molecular weight is 437 g/mol. The van der Waals surface area contributed by atoms with Crippen LogP contribution in [-0.2, 0) is 23.6 Å². The summed E-state index contributed by atoms with van der Waals surface area (Å²) in [7, 11) is -0.567. The number of aromatic nitrogens is 3. The maximum Gasteiger partial charge on any atom is 0.345 e. The summed E-state index contributed by atoms with van der Waals surface area (Å²) in [6.45, 7) is 1.78. The van der Waals surface area contributed by atoms with Gasteiger partial charge in [0.15, 0.2) is 5.82 Å². The third-order valence-corrected chi connectivity index (χ3v) is 6.28. The Bertz CT molecular complexity index is 1180. The predicted molar refractivity (Wildman–Crippen MR) is 111 cm³/mol. The number of hydrogen-bond donors (Lipinski definition) is 1. The van der Waals surface area contributed by atoms with E-state index in [1.807, 2.05) is 0 Å². The van der Waals surface area contributed by atoms with Crippen LogP contribution in [0, 0.1) is 6.92 Å². The third-order valence-electron chi connectivity index (χ3n) is 4.44. The number of nitrogens with one attached hydrogen (secondary N) is 1. The van der Waals surface area contributed by atoms with Gasteiger partial charge in [-0.25, -0.2) is 22.6 Å². The highest BCUT2D eigenvalue weighted by atomic mass is 35.5. The number of sulfonamides is 1.